The fourth-order valence-electron chi connectivity index (χ4n) is 4.09. The number of nitrogens with two attached hydrogens (primary N) is 1. The number of amides is 1. The van der Waals surface area contributed by atoms with E-state index in [4.69, 9.17) is 5.73 Å². The van der Waals surface area contributed by atoms with Gasteiger partial charge in [0.15, 0.2) is 0 Å². The minimum atomic E-state index is -4.06. The molecular formula is C24H26FN5O3S. The first-order chi connectivity index (χ1) is 16.3. The molecule has 0 radical (unpaired) electrons. The Morgan fingerprint density at radius 3 is 2.62 bits per heavy atom. The molecule has 10 heteroatoms. The molecule has 1 aliphatic rings. The van der Waals surface area contributed by atoms with Crippen molar-refractivity contribution in [3.63, 3.8) is 0 Å². The molecule has 0 aliphatic carbocycles. The number of anilines is 1. The maximum Gasteiger partial charge on any atom is 0.241 e. The van der Waals surface area contributed by atoms with E-state index in [1.807, 2.05) is 6.92 Å². The smallest absolute Gasteiger partial charge is 0.241 e. The second-order valence-electron chi connectivity index (χ2n) is 8.10. The number of likely N-dealkylation sites (N-methyl/N-ethyl adjacent to an activating group) is 1. The van der Waals surface area contributed by atoms with E-state index in [9.17, 15) is 17.6 Å². The zero-order chi connectivity index (χ0) is 24.3. The molecule has 3 aromatic rings. The van der Waals surface area contributed by atoms with E-state index in [2.05, 4.69) is 14.7 Å². The number of nitrogens with one attached hydrogen (secondary N) is 1. The Labute approximate surface area is 198 Å². The van der Waals surface area contributed by atoms with E-state index in [1.54, 1.807) is 29.2 Å². The van der Waals surface area contributed by atoms with Crippen molar-refractivity contribution in [1.29, 1.82) is 0 Å². The standard InChI is InChI=1S/C24H26FN5O3S/c1-2-30-12-6-5-8-20(24(30)31)29-34(32,33)22-9-4-3-7-17(22)16-10-11-18(19(25)13-16)21-14-28-23(26)15-27-21/h3-4,7,9-11,13-15,20,29H,2,5-6,8,12H2,1H3,(H2,26,28). The summed E-state index contributed by atoms with van der Waals surface area (Å²) >= 11 is 0. The second-order valence-corrected chi connectivity index (χ2v) is 9.79. The molecule has 1 aromatic heterocycles. The fraction of sp³-hybridized carbons (Fsp3) is 0.292. The van der Waals surface area contributed by atoms with Gasteiger partial charge in [-0.05, 0) is 49.9 Å². The molecule has 2 aromatic carbocycles. The molecule has 4 rings (SSSR count). The molecule has 2 heterocycles. The quantitative estimate of drug-likeness (QED) is 0.556. The summed E-state index contributed by atoms with van der Waals surface area (Å²) < 4.78 is 44.3. The minimum Gasteiger partial charge on any atom is -0.382 e. The van der Waals surface area contributed by atoms with Crippen LogP contribution in [0.3, 0.4) is 0 Å². The summed E-state index contributed by atoms with van der Waals surface area (Å²) in [4.78, 5) is 22.5. The van der Waals surface area contributed by atoms with E-state index in [-0.39, 0.29) is 22.2 Å². The van der Waals surface area contributed by atoms with Gasteiger partial charge < -0.3 is 10.6 Å². The van der Waals surface area contributed by atoms with Crippen molar-refractivity contribution in [2.24, 2.45) is 0 Å². The van der Waals surface area contributed by atoms with Gasteiger partial charge in [-0.15, -0.1) is 0 Å². The fourth-order valence-corrected chi connectivity index (χ4v) is 5.54. The summed E-state index contributed by atoms with van der Waals surface area (Å²) in [6, 6.07) is 9.92. The topological polar surface area (TPSA) is 118 Å². The lowest BCUT2D eigenvalue weighted by Gasteiger charge is -2.23. The number of hydrogen-bond donors (Lipinski definition) is 2. The van der Waals surface area contributed by atoms with Gasteiger partial charge in [-0.1, -0.05) is 24.3 Å². The van der Waals surface area contributed by atoms with E-state index >= 15 is 0 Å². The number of nitrogen functional groups attached to an aromatic ring is 1. The number of carbonyl (C=O) groups is 1. The molecule has 34 heavy (non-hydrogen) atoms. The molecule has 1 fully saturated rings. The monoisotopic (exact) mass is 483 g/mol. The zero-order valence-electron chi connectivity index (χ0n) is 18.7. The molecule has 1 amide bonds. The van der Waals surface area contributed by atoms with Crippen molar-refractivity contribution in [3.05, 3.63) is 60.7 Å². The molecule has 1 aliphatic heterocycles. The SMILES string of the molecule is CCN1CCCCC(NS(=O)(=O)c2ccccc2-c2ccc(-c3cnc(N)cn3)c(F)c2)C1=O. The molecular weight excluding hydrogens is 457 g/mol. The first-order valence-corrected chi connectivity index (χ1v) is 12.6. The molecule has 1 unspecified atom stereocenters. The number of hydrogen-bond acceptors (Lipinski definition) is 6. The predicted molar refractivity (Wildman–Crippen MR) is 127 cm³/mol. The summed E-state index contributed by atoms with van der Waals surface area (Å²) in [6.07, 6.45) is 4.72. The van der Waals surface area contributed by atoms with Crippen molar-refractivity contribution in [3.8, 4) is 22.4 Å². The van der Waals surface area contributed by atoms with Crippen LogP contribution < -0.4 is 10.5 Å². The highest BCUT2D eigenvalue weighted by atomic mass is 32.2. The third-order valence-corrected chi connectivity index (χ3v) is 7.39. The Hall–Kier alpha value is -3.37. The van der Waals surface area contributed by atoms with Crippen LogP contribution in [0, 0.1) is 5.82 Å². The summed E-state index contributed by atoms with van der Waals surface area (Å²) in [6.45, 7) is 3.02. The number of carbonyl (C=O) groups excluding carboxylic acids is 1. The summed E-state index contributed by atoms with van der Waals surface area (Å²) in [5, 5.41) is 0. The largest absolute Gasteiger partial charge is 0.382 e. The van der Waals surface area contributed by atoms with Crippen molar-refractivity contribution in [1.82, 2.24) is 19.6 Å². The maximum atomic E-state index is 15.0. The van der Waals surface area contributed by atoms with Crippen LogP contribution in [0.4, 0.5) is 10.2 Å². The minimum absolute atomic E-state index is 0.0190. The van der Waals surface area contributed by atoms with Crippen LogP contribution in [0.5, 0.6) is 0 Å². The van der Waals surface area contributed by atoms with Crippen LogP contribution in [-0.2, 0) is 14.8 Å². The van der Waals surface area contributed by atoms with Crippen molar-refractivity contribution in [2.45, 2.75) is 37.1 Å². The third kappa shape index (κ3) is 4.92. The Balaban J connectivity index is 1.67. The predicted octanol–water partition coefficient (Wildman–Crippen LogP) is 3.21. The van der Waals surface area contributed by atoms with Gasteiger partial charge in [0.2, 0.25) is 15.9 Å². The van der Waals surface area contributed by atoms with Crippen LogP contribution in [-0.4, -0.2) is 48.3 Å². The van der Waals surface area contributed by atoms with Crippen LogP contribution in [0.2, 0.25) is 0 Å². The first kappa shape index (κ1) is 23.8. The number of likely N-dealkylation sites (tertiary alicyclic amines) is 1. The van der Waals surface area contributed by atoms with Crippen molar-refractivity contribution < 1.29 is 17.6 Å². The molecule has 0 bridgehead atoms. The molecule has 1 atom stereocenters. The van der Waals surface area contributed by atoms with Crippen LogP contribution in [0.1, 0.15) is 26.2 Å². The summed E-state index contributed by atoms with van der Waals surface area (Å²) in [7, 11) is -4.06. The van der Waals surface area contributed by atoms with Gasteiger partial charge in [0.05, 0.1) is 23.0 Å². The van der Waals surface area contributed by atoms with Crippen LogP contribution in [0.25, 0.3) is 22.4 Å². The van der Waals surface area contributed by atoms with Gasteiger partial charge >= 0.3 is 0 Å². The van der Waals surface area contributed by atoms with Gasteiger partial charge in [0, 0.05) is 24.2 Å². The number of aromatic nitrogens is 2. The van der Waals surface area contributed by atoms with Crippen LogP contribution in [0.15, 0.2) is 59.8 Å². The number of sulfonamides is 1. The van der Waals surface area contributed by atoms with Gasteiger partial charge in [-0.3, -0.25) is 9.78 Å². The van der Waals surface area contributed by atoms with Gasteiger partial charge in [0.25, 0.3) is 0 Å². The van der Waals surface area contributed by atoms with Crippen molar-refractivity contribution in [2.75, 3.05) is 18.8 Å². The normalized spacial score (nSPS) is 16.9. The number of benzene rings is 2. The van der Waals surface area contributed by atoms with E-state index in [1.165, 1.54) is 30.6 Å². The third-order valence-electron chi connectivity index (χ3n) is 5.86. The van der Waals surface area contributed by atoms with E-state index in [0.717, 1.165) is 12.8 Å². The number of halogens is 1. The molecule has 0 saturated carbocycles. The lowest BCUT2D eigenvalue weighted by Crippen LogP contribution is -2.47. The van der Waals surface area contributed by atoms with Crippen LogP contribution >= 0.6 is 0 Å². The molecule has 178 valence electrons. The van der Waals surface area contributed by atoms with E-state index in [0.29, 0.717) is 36.3 Å². The Bertz CT molecular complexity index is 1300. The lowest BCUT2D eigenvalue weighted by molar-refractivity contribution is -0.132. The first-order valence-electron chi connectivity index (χ1n) is 11.1. The van der Waals surface area contributed by atoms with E-state index < -0.39 is 21.9 Å². The zero-order valence-corrected chi connectivity index (χ0v) is 19.6. The lowest BCUT2D eigenvalue weighted by atomic mass is 10.0. The highest BCUT2D eigenvalue weighted by molar-refractivity contribution is 7.89. The number of rotatable bonds is 6. The Morgan fingerprint density at radius 1 is 1.12 bits per heavy atom. The molecule has 1 saturated heterocycles. The second kappa shape index (κ2) is 9.86. The van der Waals surface area contributed by atoms with Crippen molar-refractivity contribution >= 4 is 21.7 Å². The average Bonchev–Trinajstić information content (AvgIpc) is 3.00. The Kier molecular flexibility index (Phi) is 6.90. The molecule has 8 nitrogen and oxygen atoms in total. The summed E-state index contributed by atoms with van der Waals surface area (Å²) in [5.41, 5.74) is 6.79. The summed E-state index contributed by atoms with van der Waals surface area (Å²) in [5.74, 6) is -0.572. The molecule has 3 N–H and O–H groups in total. The average molecular weight is 484 g/mol. The molecule has 0 spiro atoms. The van der Waals surface area contributed by atoms with Gasteiger partial charge in [-0.2, -0.15) is 4.72 Å². The Morgan fingerprint density at radius 2 is 1.91 bits per heavy atom. The number of nitrogens with zero attached hydrogens (tertiary/aromatic N) is 3. The highest BCUT2D eigenvalue weighted by Gasteiger charge is 2.31. The van der Waals surface area contributed by atoms with Gasteiger partial charge in [0.1, 0.15) is 17.7 Å². The highest BCUT2D eigenvalue weighted by Crippen LogP contribution is 2.31. The van der Waals surface area contributed by atoms with Gasteiger partial charge in [-0.25, -0.2) is 17.8 Å². The maximum absolute atomic E-state index is 15.0.